The second-order valence-corrected chi connectivity index (χ2v) is 3.61. The number of hydrogen-bond donors (Lipinski definition) is 2. The van der Waals surface area contributed by atoms with Gasteiger partial charge in [-0.2, -0.15) is 5.26 Å². The molecule has 0 amide bonds. The van der Waals surface area contributed by atoms with E-state index < -0.39 is 0 Å². The van der Waals surface area contributed by atoms with Crippen LogP contribution in [-0.2, 0) is 0 Å². The zero-order chi connectivity index (χ0) is 10.7. The monoisotopic (exact) mass is 209 g/mol. The van der Waals surface area contributed by atoms with Crippen molar-refractivity contribution in [2.24, 2.45) is 5.73 Å². The Morgan fingerprint density at radius 1 is 1.57 bits per heavy atom. The molecule has 1 aromatic carbocycles. The number of nitriles is 1. The van der Waals surface area contributed by atoms with E-state index in [2.05, 4.69) is 0 Å². The van der Waals surface area contributed by atoms with Crippen molar-refractivity contribution in [2.75, 3.05) is 5.73 Å². The fraction of sp³-hybridized carbons (Fsp3) is 0.300. The molecule has 1 rings (SSSR count). The van der Waals surface area contributed by atoms with Crippen molar-refractivity contribution in [3.63, 3.8) is 0 Å². The summed E-state index contributed by atoms with van der Waals surface area (Å²) in [5.41, 5.74) is 13.8. The Bertz CT molecular complexity index is 382. The number of aryl methyl sites for hydroxylation is 1. The number of nitrogen functional groups attached to an aromatic ring is 1. The molecule has 0 radical (unpaired) electrons. The van der Waals surface area contributed by atoms with Crippen LogP contribution in [0.15, 0.2) is 12.1 Å². The topological polar surface area (TPSA) is 75.8 Å². The molecule has 4 heteroatoms. The maximum atomic E-state index is 8.51. The lowest BCUT2D eigenvalue weighted by Gasteiger charge is -2.12. The van der Waals surface area contributed by atoms with Crippen LogP contribution in [0.3, 0.4) is 0 Å². The van der Waals surface area contributed by atoms with Crippen molar-refractivity contribution in [3.05, 3.63) is 28.3 Å². The number of nitrogens with zero attached hydrogens (tertiary/aromatic N) is 1. The Labute approximate surface area is 88.3 Å². The lowest BCUT2D eigenvalue weighted by molar-refractivity contribution is 0.748. The van der Waals surface area contributed by atoms with Crippen molar-refractivity contribution < 1.29 is 0 Å². The van der Waals surface area contributed by atoms with Crippen molar-refractivity contribution >= 4 is 17.3 Å². The average Bonchev–Trinajstić information content (AvgIpc) is 2.11. The van der Waals surface area contributed by atoms with Crippen molar-refractivity contribution in [1.29, 1.82) is 5.26 Å². The smallest absolute Gasteiger partial charge is 0.0641 e. The Morgan fingerprint density at radius 2 is 2.21 bits per heavy atom. The van der Waals surface area contributed by atoms with Crippen LogP contribution in [0.2, 0.25) is 5.02 Å². The molecule has 1 aromatic rings. The van der Waals surface area contributed by atoms with E-state index in [1.165, 1.54) is 0 Å². The van der Waals surface area contributed by atoms with E-state index in [1.807, 2.05) is 19.1 Å². The zero-order valence-electron chi connectivity index (χ0n) is 7.92. The van der Waals surface area contributed by atoms with Gasteiger partial charge in [-0.05, 0) is 24.1 Å². The lowest BCUT2D eigenvalue weighted by Crippen LogP contribution is -2.10. The van der Waals surface area contributed by atoms with Crippen LogP contribution in [0.4, 0.5) is 5.69 Å². The van der Waals surface area contributed by atoms with Gasteiger partial charge in [-0.3, -0.25) is 0 Å². The van der Waals surface area contributed by atoms with Crippen molar-refractivity contribution in [1.82, 2.24) is 0 Å². The minimum absolute atomic E-state index is 0.253. The lowest BCUT2D eigenvalue weighted by atomic mass is 10.0. The first-order chi connectivity index (χ1) is 6.56. The Hall–Kier alpha value is -1.24. The molecule has 0 heterocycles. The van der Waals surface area contributed by atoms with Crippen molar-refractivity contribution in [2.45, 2.75) is 19.4 Å². The largest absolute Gasteiger partial charge is 0.398 e. The van der Waals surface area contributed by atoms with Gasteiger partial charge in [0.05, 0.1) is 12.5 Å². The minimum atomic E-state index is -0.341. The number of halogens is 1. The molecule has 0 aliphatic rings. The fourth-order valence-electron chi connectivity index (χ4n) is 1.21. The van der Waals surface area contributed by atoms with Gasteiger partial charge in [0, 0.05) is 16.8 Å². The minimum Gasteiger partial charge on any atom is -0.398 e. The third-order valence-corrected chi connectivity index (χ3v) is 2.42. The molecule has 74 valence electrons. The van der Waals surface area contributed by atoms with E-state index in [-0.39, 0.29) is 12.5 Å². The molecule has 0 aliphatic heterocycles. The number of rotatable bonds is 2. The summed E-state index contributed by atoms with van der Waals surface area (Å²) in [5, 5.41) is 9.04. The molecule has 3 nitrogen and oxygen atoms in total. The highest BCUT2D eigenvalue weighted by molar-refractivity contribution is 6.31. The number of hydrogen-bond acceptors (Lipinski definition) is 3. The van der Waals surface area contributed by atoms with E-state index in [9.17, 15) is 0 Å². The van der Waals surface area contributed by atoms with Gasteiger partial charge in [0.15, 0.2) is 0 Å². The summed E-state index contributed by atoms with van der Waals surface area (Å²) in [6.07, 6.45) is 0.253. The van der Waals surface area contributed by atoms with Crippen LogP contribution in [0.25, 0.3) is 0 Å². The van der Waals surface area contributed by atoms with Gasteiger partial charge in [-0.15, -0.1) is 0 Å². The molecular weight excluding hydrogens is 198 g/mol. The molecule has 0 spiro atoms. The molecule has 0 bridgehead atoms. The molecule has 1 atom stereocenters. The van der Waals surface area contributed by atoms with Crippen LogP contribution in [-0.4, -0.2) is 0 Å². The third-order valence-electron chi connectivity index (χ3n) is 2.10. The maximum absolute atomic E-state index is 8.51. The molecule has 4 N–H and O–H groups in total. The van der Waals surface area contributed by atoms with Gasteiger partial charge in [-0.1, -0.05) is 17.7 Å². The Balaban J connectivity index is 3.10. The number of nitrogens with two attached hydrogens (primary N) is 2. The van der Waals surface area contributed by atoms with Crippen molar-refractivity contribution in [3.8, 4) is 6.07 Å². The van der Waals surface area contributed by atoms with Gasteiger partial charge in [0.1, 0.15) is 0 Å². The second kappa shape index (κ2) is 4.32. The summed E-state index contributed by atoms with van der Waals surface area (Å²) >= 11 is 5.96. The SMILES string of the molecule is Cc1cc([C@H](N)CC#N)c(Cl)cc1N. The van der Waals surface area contributed by atoms with Crippen LogP contribution in [0, 0.1) is 18.3 Å². The van der Waals surface area contributed by atoms with Gasteiger partial charge >= 0.3 is 0 Å². The molecule has 0 unspecified atom stereocenters. The standard InChI is InChI=1S/C10H12ClN3/c1-6-4-7(9(13)2-3-12)8(11)5-10(6)14/h4-5,9H,2,13-14H2,1H3/t9-/m1/s1. The van der Waals surface area contributed by atoms with Gasteiger partial charge < -0.3 is 11.5 Å². The summed E-state index contributed by atoms with van der Waals surface area (Å²) in [7, 11) is 0. The fourth-order valence-corrected chi connectivity index (χ4v) is 1.52. The highest BCUT2D eigenvalue weighted by Gasteiger charge is 2.11. The van der Waals surface area contributed by atoms with E-state index in [0.717, 1.165) is 11.1 Å². The molecule has 0 fully saturated rings. The summed E-state index contributed by atoms with van der Waals surface area (Å²) in [6.45, 7) is 1.88. The Kier molecular flexibility index (Phi) is 3.34. The highest BCUT2D eigenvalue weighted by Crippen LogP contribution is 2.27. The first-order valence-electron chi connectivity index (χ1n) is 4.24. The summed E-state index contributed by atoms with van der Waals surface area (Å²) in [6, 6.07) is 5.17. The molecule has 0 aliphatic carbocycles. The summed E-state index contributed by atoms with van der Waals surface area (Å²) in [5.74, 6) is 0. The van der Waals surface area contributed by atoms with Crippen LogP contribution < -0.4 is 11.5 Å². The molecular formula is C10H12ClN3. The first-order valence-corrected chi connectivity index (χ1v) is 4.62. The quantitative estimate of drug-likeness (QED) is 0.733. The van der Waals surface area contributed by atoms with E-state index in [1.54, 1.807) is 6.07 Å². The molecule has 0 saturated heterocycles. The summed E-state index contributed by atoms with van der Waals surface area (Å²) < 4.78 is 0. The van der Waals surface area contributed by atoms with Gasteiger partial charge in [0.25, 0.3) is 0 Å². The van der Waals surface area contributed by atoms with Crippen LogP contribution in [0.5, 0.6) is 0 Å². The number of benzene rings is 1. The van der Waals surface area contributed by atoms with Crippen LogP contribution >= 0.6 is 11.6 Å². The average molecular weight is 210 g/mol. The van der Waals surface area contributed by atoms with Crippen LogP contribution in [0.1, 0.15) is 23.6 Å². The molecule has 0 saturated carbocycles. The van der Waals surface area contributed by atoms with E-state index in [0.29, 0.717) is 10.7 Å². The number of anilines is 1. The molecule has 14 heavy (non-hydrogen) atoms. The normalized spacial score (nSPS) is 12.1. The van der Waals surface area contributed by atoms with Gasteiger partial charge in [-0.25, -0.2) is 0 Å². The second-order valence-electron chi connectivity index (χ2n) is 3.20. The summed E-state index contributed by atoms with van der Waals surface area (Å²) in [4.78, 5) is 0. The highest BCUT2D eigenvalue weighted by atomic mass is 35.5. The van der Waals surface area contributed by atoms with E-state index in [4.69, 9.17) is 28.3 Å². The first kappa shape index (κ1) is 10.8. The predicted octanol–water partition coefficient (Wildman–Crippen LogP) is 2.14. The van der Waals surface area contributed by atoms with E-state index >= 15 is 0 Å². The van der Waals surface area contributed by atoms with Gasteiger partial charge in [0.2, 0.25) is 0 Å². The Morgan fingerprint density at radius 3 is 2.79 bits per heavy atom. The molecule has 0 aromatic heterocycles. The third kappa shape index (κ3) is 2.16. The zero-order valence-corrected chi connectivity index (χ0v) is 8.67. The predicted molar refractivity (Wildman–Crippen MR) is 57.8 cm³/mol. The maximum Gasteiger partial charge on any atom is 0.0641 e.